The van der Waals surface area contributed by atoms with Crippen LogP contribution in [0, 0.1) is 12.3 Å². The zero-order valence-electron chi connectivity index (χ0n) is 11.3. The summed E-state index contributed by atoms with van der Waals surface area (Å²) in [5, 5.41) is 31.6. The van der Waals surface area contributed by atoms with Crippen molar-refractivity contribution in [3.05, 3.63) is 23.0 Å². The predicted octanol–water partition coefficient (Wildman–Crippen LogP) is 0.840. The molecule has 1 aromatic rings. The number of aliphatic hydroxyl groups excluding tert-OH is 2. The Morgan fingerprint density at radius 2 is 2.11 bits per heavy atom. The second kappa shape index (κ2) is 5.86. The van der Waals surface area contributed by atoms with Crippen molar-refractivity contribution in [2.45, 2.75) is 39.3 Å². The van der Waals surface area contributed by atoms with Crippen LogP contribution in [0.4, 0.5) is 0 Å². The van der Waals surface area contributed by atoms with Crippen LogP contribution in [0.3, 0.4) is 0 Å². The minimum Gasteiger partial charge on any atom is -0.506 e. The fourth-order valence-electron chi connectivity index (χ4n) is 2.40. The lowest BCUT2D eigenvalue weighted by Crippen LogP contribution is -2.25. The van der Waals surface area contributed by atoms with Crippen molar-refractivity contribution in [3.63, 3.8) is 0 Å². The van der Waals surface area contributed by atoms with Crippen LogP contribution in [-0.2, 0) is 13.2 Å². The Hall–Kier alpha value is -1.17. The maximum atomic E-state index is 10.0. The van der Waals surface area contributed by atoms with Gasteiger partial charge in [-0.25, -0.2) is 0 Å². The molecule has 106 valence electrons. The Morgan fingerprint density at radius 3 is 2.68 bits per heavy atom. The first-order valence-electron chi connectivity index (χ1n) is 6.70. The van der Waals surface area contributed by atoms with E-state index in [-0.39, 0.29) is 24.4 Å². The summed E-state index contributed by atoms with van der Waals surface area (Å²) < 4.78 is 0. The van der Waals surface area contributed by atoms with E-state index < -0.39 is 0 Å². The van der Waals surface area contributed by atoms with E-state index >= 15 is 0 Å². The number of hydrogen-bond donors (Lipinski definition) is 4. The summed E-state index contributed by atoms with van der Waals surface area (Å²) >= 11 is 0. The molecular formula is C14H22N2O3. The van der Waals surface area contributed by atoms with Crippen LogP contribution in [0.15, 0.2) is 6.20 Å². The zero-order valence-corrected chi connectivity index (χ0v) is 11.3. The van der Waals surface area contributed by atoms with Gasteiger partial charge in [0.05, 0.1) is 12.3 Å². The van der Waals surface area contributed by atoms with Crippen molar-refractivity contribution in [1.82, 2.24) is 10.3 Å². The van der Waals surface area contributed by atoms with E-state index in [2.05, 4.69) is 10.3 Å². The molecule has 1 aromatic heterocycles. The number of aromatic nitrogens is 1. The highest BCUT2D eigenvalue weighted by molar-refractivity contribution is 5.40. The normalized spacial score (nSPS) is 16.6. The molecule has 0 aliphatic heterocycles. The first-order chi connectivity index (χ1) is 9.12. The van der Waals surface area contributed by atoms with E-state index in [9.17, 15) is 10.2 Å². The molecule has 0 radical (unpaired) electrons. The average molecular weight is 266 g/mol. The molecule has 0 bridgehead atoms. The summed E-state index contributed by atoms with van der Waals surface area (Å²) in [4.78, 5) is 4.04. The molecule has 1 fully saturated rings. The van der Waals surface area contributed by atoms with Gasteiger partial charge in [-0.2, -0.15) is 0 Å². The van der Waals surface area contributed by atoms with E-state index in [1.54, 1.807) is 13.1 Å². The number of hydrogen-bond acceptors (Lipinski definition) is 5. The minimum absolute atomic E-state index is 0.125. The Bertz CT molecular complexity index is 445. The molecule has 1 saturated carbocycles. The second-order valence-electron chi connectivity index (χ2n) is 5.43. The van der Waals surface area contributed by atoms with Crippen molar-refractivity contribution in [2.75, 3.05) is 13.2 Å². The highest BCUT2D eigenvalue weighted by Gasteiger charge is 2.41. The standard InChI is InChI=1S/C14H22N2O3/c1-10-13(19)12(11(8-18)6-16-10)7-15-9-14(2-3-14)4-5-17/h6,15,17-19H,2-5,7-9H2,1H3. The summed E-state index contributed by atoms with van der Waals surface area (Å²) in [6, 6.07) is 0. The van der Waals surface area contributed by atoms with Gasteiger partial charge in [-0.3, -0.25) is 4.98 Å². The van der Waals surface area contributed by atoms with Gasteiger partial charge < -0.3 is 20.6 Å². The van der Waals surface area contributed by atoms with Crippen LogP contribution in [0.2, 0.25) is 0 Å². The Balaban J connectivity index is 1.97. The average Bonchev–Trinajstić information content (AvgIpc) is 3.15. The maximum absolute atomic E-state index is 10.0. The van der Waals surface area contributed by atoms with Gasteiger partial charge >= 0.3 is 0 Å². The van der Waals surface area contributed by atoms with Crippen molar-refractivity contribution in [2.24, 2.45) is 5.41 Å². The first kappa shape index (κ1) is 14.2. The number of aryl methyl sites for hydroxylation is 1. The summed E-state index contributed by atoms with van der Waals surface area (Å²) in [6.45, 7) is 3.19. The molecule has 5 heteroatoms. The first-order valence-corrected chi connectivity index (χ1v) is 6.70. The number of pyridine rings is 1. The molecular weight excluding hydrogens is 244 g/mol. The largest absolute Gasteiger partial charge is 0.506 e. The van der Waals surface area contributed by atoms with Crippen molar-refractivity contribution < 1.29 is 15.3 Å². The topological polar surface area (TPSA) is 85.6 Å². The van der Waals surface area contributed by atoms with Gasteiger partial charge in [0.15, 0.2) is 0 Å². The zero-order chi connectivity index (χ0) is 13.9. The van der Waals surface area contributed by atoms with Gasteiger partial charge in [0.25, 0.3) is 0 Å². The van der Waals surface area contributed by atoms with Gasteiger partial charge in [0.1, 0.15) is 5.75 Å². The summed E-state index contributed by atoms with van der Waals surface area (Å²) in [6.07, 6.45) is 4.73. The van der Waals surface area contributed by atoms with Crippen LogP contribution in [0.1, 0.15) is 36.1 Å². The van der Waals surface area contributed by atoms with E-state index in [0.29, 0.717) is 17.8 Å². The molecule has 19 heavy (non-hydrogen) atoms. The quantitative estimate of drug-likeness (QED) is 0.587. The summed E-state index contributed by atoms with van der Waals surface area (Å²) in [5.41, 5.74) is 2.19. The summed E-state index contributed by atoms with van der Waals surface area (Å²) in [5.74, 6) is 0.158. The number of nitrogens with zero attached hydrogens (tertiary/aromatic N) is 1. The van der Waals surface area contributed by atoms with Gasteiger partial charge in [-0.1, -0.05) is 0 Å². The fourth-order valence-corrected chi connectivity index (χ4v) is 2.40. The number of nitrogens with one attached hydrogen (secondary N) is 1. The lowest BCUT2D eigenvalue weighted by molar-refractivity contribution is 0.245. The van der Waals surface area contributed by atoms with Gasteiger partial charge in [0.2, 0.25) is 0 Å². The van der Waals surface area contributed by atoms with Crippen molar-refractivity contribution in [3.8, 4) is 5.75 Å². The predicted molar refractivity (Wildman–Crippen MR) is 71.6 cm³/mol. The van der Waals surface area contributed by atoms with Crippen LogP contribution in [-0.4, -0.2) is 33.5 Å². The lowest BCUT2D eigenvalue weighted by atomic mass is 10.0. The maximum Gasteiger partial charge on any atom is 0.141 e. The monoisotopic (exact) mass is 266 g/mol. The lowest BCUT2D eigenvalue weighted by Gasteiger charge is -2.16. The van der Waals surface area contributed by atoms with Crippen LogP contribution in [0.5, 0.6) is 5.75 Å². The van der Waals surface area contributed by atoms with Crippen molar-refractivity contribution in [1.29, 1.82) is 0 Å². The molecule has 1 aliphatic rings. The van der Waals surface area contributed by atoms with Gasteiger partial charge in [-0.05, 0) is 31.6 Å². The SMILES string of the molecule is Cc1ncc(CO)c(CNCC2(CCO)CC2)c1O. The summed E-state index contributed by atoms with van der Waals surface area (Å²) in [7, 11) is 0. The Morgan fingerprint density at radius 1 is 1.37 bits per heavy atom. The molecule has 4 N–H and O–H groups in total. The number of aliphatic hydroxyl groups is 2. The highest BCUT2D eigenvalue weighted by Crippen LogP contribution is 2.47. The Kier molecular flexibility index (Phi) is 4.39. The molecule has 0 spiro atoms. The third-order valence-electron chi connectivity index (χ3n) is 4.00. The van der Waals surface area contributed by atoms with Crippen molar-refractivity contribution >= 4 is 0 Å². The van der Waals surface area contributed by atoms with Gasteiger partial charge in [0, 0.05) is 37.0 Å². The molecule has 0 aromatic carbocycles. The fraction of sp³-hybridized carbons (Fsp3) is 0.643. The minimum atomic E-state index is -0.125. The molecule has 0 unspecified atom stereocenters. The van der Waals surface area contributed by atoms with Gasteiger partial charge in [-0.15, -0.1) is 0 Å². The molecule has 1 heterocycles. The Labute approximate surface area is 113 Å². The van der Waals surface area contributed by atoms with Crippen LogP contribution in [0.25, 0.3) is 0 Å². The molecule has 1 aliphatic carbocycles. The van der Waals surface area contributed by atoms with E-state index in [1.165, 1.54) is 0 Å². The molecule has 0 atom stereocenters. The smallest absolute Gasteiger partial charge is 0.141 e. The third kappa shape index (κ3) is 3.23. The molecule has 5 nitrogen and oxygen atoms in total. The van der Waals surface area contributed by atoms with E-state index in [4.69, 9.17) is 5.11 Å². The van der Waals surface area contributed by atoms with Crippen LogP contribution < -0.4 is 5.32 Å². The third-order valence-corrected chi connectivity index (χ3v) is 4.00. The highest BCUT2D eigenvalue weighted by atomic mass is 16.3. The van der Waals surface area contributed by atoms with E-state index in [0.717, 1.165) is 31.4 Å². The molecule has 2 rings (SSSR count). The number of rotatable bonds is 7. The number of aromatic hydroxyl groups is 1. The van der Waals surface area contributed by atoms with Crippen LogP contribution >= 0.6 is 0 Å². The van der Waals surface area contributed by atoms with E-state index in [1.807, 2.05) is 0 Å². The second-order valence-corrected chi connectivity index (χ2v) is 5.43. The molecule has 0 saturated heterocycles. The molecule has 0 amide bonds.